The smallest absolute Gasteiger partial charge is 0.287 e. The van der Waals surface area contributed by atoms with Gasteiger partial charge < -0.3 is 10.1 Å². The molecule has 114 valence electrons. The molecule has 0 saturated heterocycles. The van der Waals surface area contributed by atoms with Crippen molar-refractivity contribution >= 4 is 17.4 Å². The van der Waals surface area contributed by atoms with Crippen molar-refractivity contribution in [1.29, 1.82) is 0 Å². The Hall–Kier alpha value is -2.96. The average Bonchev–Trinajstić information content (AvgIpc) is 2.50. The summed E-state index contributed by atoms with van der Waals surface area (Å²) in [5.74, 6) is 0.802. The third kappa shape index (κ3) is 3.78. The van der Waals surface area contributed by atoms with Gasteiger partial charge in [-0.2, -0.15) is 0 Å². The first kappa shape index (κ1) is 15.4. The number of nitrogens with one attached hydrogen (secondary N) is 1. The molecule has 1 N–H and O–H groups in total. The molecule has 2 rings (SSSR count). The number of aryl methyl sites for hydroxylation is 1. The summed E-state index contributed by atoms with van der Waals surface area (Å²) in [6.07, 6.45) is 1.30. The molecule has 1 amide bonds. The zero-order chi connectivity index (χ0) is 16.1. The van der Waals surface area contributed by atoms with E-state index in [1.807, 2.05) is 0 Å². The molecular weight excluding hydrogens is 286 g/mol. The Kier molecular flexibility index (Phi) is 4.67. The summed E-state index contributed by atoms with van der Waals surface area (Å²) >= 11 is 0. The quantitative estimate of drug-likeness (QED) is 0.676. The van der Waals surface area contributed by atoms with Crippen molar-refractivity contribution in [3.05, 3.63) is 57.8 Å². The second-order valence-corrected chi connectivity index (χ2v) is 4.69. The summed E-state index contributed by atoms with van der Waals surface area (Å²) in [6.45, 7) is 1.66. The molecule has 1 aromatic carbocycles. The van der Waals surface area contributed by atoms with Gasteiger partial charge in [-0.3, -0.25) is 14.9 Å². The van der Waals surface area contributed by atoms with Crippen LogP contribution in [0, 0.1) is 17.0 Å². The van der Waals surface area contributed by atoms with Crippen LogP contribution in [-0.4, -0.2) is 22.9 Å². The number of aromatic nitrogens is 1. The summed E-state index contributed by atoms with van der Waals surface area (Å²) in [5.41, 5.74) is 1.26. The monoisotopic (exact) mass is 301 g/mol. The molecule has 0 unspecified atom stereocenters. The minimum Gasteiger partial charge on any atom is -0.497 e. The van der Waals surface area contributed by atoms with E-state index in [-0.39, 0.29) is 18.0 Å². The third-order valence-corrected chi connectivity index (χ3v) is 3.06. The second kappa shape index (κ2) is 6.66. The van der Waals surface area contributed by atoms with Crippen LogP contribution in [0.1, 0.15) is 11.1 Å². The predicted molar refractivity (Wildman–Crippen MR) is 81.0 cm³/mol. The van der Waals surface area contributed by atoms with Crippen molar-refractivity contribution < 1.29 is 14.5 Å². The van der Waals surface area contributed by atoms with E-state index in [1.54, 1.807) is 38.3 Å². The second-order valence-electron chi connectivity index (χ2n) is 4.69. The number of hydrogen-bond donors (Lipinski definition) is 1. The van der Waals surface area contributed by atoms with Gasteiger partial charge in [-0.05, 0) is 30.2 Å². The lowest BCUT2D eigenvalue weighted by Crippen LogP contribution is -2.16. The van der Waals surface area contributed by atoms with Crippen LogP contribution in [0.4, 0.5) is 11.5 Å². The highest BCUT2D eigenvalue weighted by Gasteiger charge is 2.12. The van der Waals surface area contributed by atoms with Crippen LogP contribution >= 0.6 is 0 Å². The molecule has 0 aliphatic heterocycles. The molecule has 0 aliphatic rings. The number of anilines is 1. The fourth-order valence-electron chi connectivity index (χ4n) is 1.90. The molecule has 1 aromatic heterocycles. The first-order valence-electron chi connectivity index (χ1n) is 6.53. The summed E-state index contributed by atoms with van der Waals surface area (Å²) in [7, 11) is 1.57. The van der Waals surface area contributed by atoms with E-state index in [9.17, 15) is 14.9 Å². The molecule has 0 saturated carbocycles. The van der Waals surface area contributed by atoms with Crippen molar-refractivity contribution in [2.45, 2.75) is 13.3 Å². The fourth-order valence-corrected chi connectivity index (χ4v) is 1.90. The molecule has 0 fully saturated rings. The predicted octanol–water partition coefficient (Wildman–Crippen LogP) is 2.49. The van der Waals surface area contributed by atoms with Crippen LogP contribution < -0.4 is 10.1 Å². The highest BCUT2D eigenvalue weighted by atomic mass is 16.6. The first-order chi connectivity index (χ1) is 10.5. The SMILES string of the molecule is COc1ccc(CC(=O)Nc2ncc([N+](=O)[O-])cc2C)cc1. The van der Waals surface area contributed by atoms with E-state index in [4.69, 9.17) is 4.74 Å². The van der Waals surface area contributed by atoms with E-state index in [0.717, 1.165) is 17.5 Å². The lowest BCUT2D eigenvalue weighted by Gasteiger charge is -2.07. The van der Waals surface area contributed by atoms with E-state index in [0.29, 0.717) is 11.4 Å². The Morgan fingerprint density at radius 3 is 2.59 bits per heavy atom. The molecular formula is C15H15N3O4. The molecule has 0 spiro atoms. The van der Waals surface area contributed by atoms with Gasteiger partial charge in [0, 0.05) is 6.07 Å². The summed E-state index contributed by atoms with van der Waals surface area (Å²) in [5, 5.41) is 13.3. The van der Waals surface area contributed by atoms with Crippen molar-refractivity contribution in [2.75, 3.05) is 12.4 Å². The van der Waals surface area contributed by atoms with E-state index in [2.05, 4.69) is 10.3 Å². The molecule has 22 heavy (non-hydrogen) atoms. The van der Waals surface area contributed by atoms with Gasteiger partial charge in [0.25, 0.3) is 5.69 Å². The van der Waals surface area contributed by atoms with Crippen LogP contribution in [0.5, 0.6) is 5.75 Å². The van der Waals surface area contributed by atoms with Gasteiger partial charge in [0.15, 0.2) is 0 Å². The Morgan fingerprint density at radius 2 is 2.05 bits per heavy atom. The van der Waals surface area contributed by atoms with E-state index < -0.39 is 4.92 Å². The van der Waals surface area contributed by atoms with Crippen LogP contribution in [-0.2, 0) is 11.2 Å². The highest BCUT2D eigenvalue weighted by Crippen LogP contribution is 2.18. The Morgan fingerprint density at radius 1 is 1.36 bits per heavy atom. The lowest BCUT2D eigenvalue weighted by atomic mass is 10.1. The maximum Gasteiger partial charge on any atom is 0.287 e. The van der Waals surface area contributed by atoms with Gasteiger partial charge in [0.2, 0.25) is 5.91 Å². The molecule has 0 aliphatic carbocycles. The summed E-state index contributed by atoms with van der Waals surface area (Å²) in [4.78, 5) is 26.0. The van der Waals surface area contributed by atoms with Crippen LogP contribution in [0.15, 0.2) is 36.5 Å². The number of carbonyl (C=O) groups is 1. The molecule has 0 bridgehead atoms. The average molecular weight is 301 g/mol. The number of carbonyl (C=O) groups excluding carboxylic acids is 1. The third-order valence-electron chi connectivity index (χ3n) is 3.06. The summed E-state index contributed by atoms with van der Waals surface area (Å²) in [6, 6.07) is 8.52. The lowest BCUT2D eigenvalue weighted by molar-refractivity contribution is -0.385. The number of nitro groups is 1. The number of amides is 1. The van der Waals surface area contributed by atoms with Crippen LogP contribution in [0.25, 0.3) is 0 Å². The Balaban J connectivity index is 2.03. The number of ether oxygens (including phenoxy) is 1. The largest absolute Gasteiger partial charge is 0.497 e. The zero-order valence-corrected chi connectivity index (χ0v) is 12.2. The van der Waals surface area contributed by atoms with Gasteiger partial charge in [0.1, 0.15) is 17.8 Å². The van der Waals surface area contributed by atoms with Crippen molar-refractivity contribution in [1.82, 2.24) is 4.98 Å². The van der Waals surface area contributed by atoms with Gasteiger partial charge in [-0.1, -0.05) is 12.1 Å². The summed E-state index contributed by atoms with van der Waals surface area (Å²) < 4.78 is 5.05. The maximum atomic E-state index is 12.0. The zero-order valence-electron chi connectivity index (χ0n) is 12.2. The minimum absolute atomic E-state index is 0.106. The Labute approximate surface area is 127 Å². The fraction of sp³-hybridized carbons (Fsp3) is 0.200. The number of hydrogen-bond acceptors (Lipinski definition) is 5. The van der Waals surface area contributed by atoms with Crippen molar-refractivity contribution in [3.63, 3.8) is 0 Å². The van der Waals surface area contributed by atoms with Gasteiger partial charge in [0.05, 0.1) is 18.5 Å². The highest BCUT2D eigenvalue weighted by molar-refractivity contribution is 5.92. The number of methoxy groups -OCH3 is 1. The van der Waals surface area contributed by atoms with Crippen LogP contribution in [0.3, 0.4) is 0 Å². The van der Waals surface area contributed by atoms with E-state index in [1.165, 1.54) is 6.07 Å². The molecule has 7 nitrogen and oxygen atoms in total. The van der Waals surface area contributed by atoms with E-state index >= 15 is 0 Å². The number of nitrogens with zero attached hydrogens (tertiary/aromatic N) is 2. The maximum absolute atomic E-state index is 12.0. The molecule has 7 heteroatoms. The van der Waals surface area contributed by atoms with Crippen molar-refractivity contribution in [2.24, 2.45) is 0 Å². The van der Waals surface area contributed by atoms with Gasteiger partial charge >= 0.3 is 0 Å². The standard InChI is InChI=1S/C15H15N3O4/c1-10-7-12(18(20)21)9-16-15(10)17-14(19)8-11-3-5-13(22-2)6-4-11/h3-7,9H,8H2,1-2H3,(H,16,17,19). The van der Waals surface area contributed by atoms with Gasteiger partial charge in [-0.25, -0.2) is 4.98 Å². The van der Waals surface area contributed by atoms with Crippen molar-refractivity contribution in [3.8, 4) is 5.75 Å². The normalized spacial score (nSPS) is 10.1. The number of pyridine rings is 1. The Bertz CT molecular complexity index is 698. The topological polar surface area (TPSA) is 94.4 Å². The molecule has 0 atom stereocenters. The van der Waals surface area contributed by atoms with Crippen LogP contribution in [0.2, 0.25) is 0 Å². The first-order valence-corrected chi connectivity index (χ1v) is 6.53. The molecule has 0 radical (unpaired) electrons. The number of benzene rings is 1. The molecule has 2 aromatic rings. The molecule has 1 heterocycles. The number of rotatable bonds is 5. The van der Waals surface area contributed by atoms with Gasteiger partial charge in [-0.15, -0.1) is 0 Å². The minimum atomic E-state index is -0.525.